The van der Waals surface area contributed by atoms with Crippen molar-refractivity contribution < 1.29 is 0 Å². The smallest absolute Gasteiger partial charge is 0.160 e. The zero-order valence-electron chi connectivity index (χ0n) is 11.4. The second-order valence-corrected chi connectivity index (χ2v) is 6.26. The summed E-state index contributed by atoms with van der Waals surface area (Å²) in [5.41, 5.74) is 10.7. The van der Waals surface area contributed by atoms with Gasteiger partial charge >= 0.3 is 0 Å². The van der Waals surface area contributed by atoms with Crippen molar-refractivity contribution in [3.63, 3.8) is 0 Å². The van der Waals surface area contributed by atoms with Crippen LogP contribution < -0.4 is 5.73 Å². The topological polar surface area (TPSA) is 56.7 Å². The summed E-state index contributed by atoms with van der Waals surface area (Å²) in [7, 11) is 0. The van der Waals surface area contributed by atoms with Gasteiger partial charge < -0.3 is 10.3 Å². The molecule has 1 aliphatic carbocycles. The van der Waals surface area contributed by atoms with E-state index < -0.39 is 0 Å². The number of pyridine rings is 1. The molecule has 0 amide bonds. The van der Waals surface area contributed by atoms with Crippen LogP contribution in [0.2, 0.25) is 0 Å². The lowest BCUT2D eigenvalue weighted by atomic mass is 10.1. The number of thiophene rings is 1. The number of anilines is 1. The van der Waals surface area contributed by atoms with Gasteiger partial charge in [0.1, 0.15) is 11.3 Å². The Morgan fingerprint density at radius 1 is 1.40 bits per heavy atom. The molecule has 0 fully saturated rings. The van der Waals surface area contributed by atoms with E-state index in [1.54, 1.807) is 11.3 Å². The third kappa shape index (κ3) is 1.53. The highest BCUT2D eigenvalue weighted by Gasteiger charge is 2.25. The summed E-state index contributed by atoms with van der Waals surface area (Å²) in [6, 6.07) is 3.95. The Labute approximate surface area is 121 Å². The molecule has 0 spiro atoms. The highest BCUT2D eigenvalue weighted by molar-refractivity contribution is 7.16. The summed E-state index contributed by atoms with van der Waals surface area (Å²) in [5.74, 6) is 0.984. The minimum Gasteiger partial charge on any atom is -0.390 e. The van der Waals surface area contributed by atoms with E-state index in [0.717, 1.165) is 46.9 Å². The largest absolute Gasteiger partial charge is 0.390 e. The lowest BCUT2D eigenvalue weighted by Crippen LogP contribution is -2.00. The van der Waals surface area contributed by atoms with E-state index in [1.807, 2.05) is 18.3 Å². The van der Waals surface area contributed by atoms with Crippen LogP contribution in [0, 0.1) is 0 Å². The normalized spacial score (nSPS) is 14.1. The molecule has 0 radical (unpaired) electrons. The Morgan fingerprint density at radius 3 is 3.15 bits per heavy atom. The Hall–Kier alpha value is -1.88. The maximum absolute atomic E-state index is 6.27. The van der Waals surface area contributed by atoms with Crippen LogP contribution in [0.15, 0.2) is 18.3 Å². The van der Waals surface area contributed by atoms with Gasteiger partial charge in [0, 0.05) is 17.6 Å². The number of hydrogen-bond acceptors (Lipinski definition) is 4. The fourth-order valence-corrected chi connectivity index (χ4v) is 4.28. The van der Waals surface area contributed by atoms with E-state index in [9.17, 15) is 0 Å². The van der Waals surface area contributed by atoms with Crippen LogP contribution in [0.4, 0.5) is 5.00 Å². The second-order valence-electron chi connectivity index (χ2n) is 5.12. The molecule has 20 heavy (non-hydrogen) atoms. The van der Waals surface area contributed by atoms with Gasteiger partial charge in [-0.25, -0.2) is 9.97 Å². The van der Waals surface area contributed by atoms with Crippen LogP contribution >= 0.6 is 11.3 Å². The molecule has 4 rings (SSSR count). The number of nitrogen functional groups attached to an aromatic ring is 1. The first-order valence-electron chi connectivity index (χ1n) is 7.01. The van der Waals surface area contributed by atoms with Gasteiger partial charge in [-0.15, -0.1) is 11.3 Å². The van der Waals surface area contributed by atoms with E-state index in [-0.39, 0.29) is 0 Å². The Bertz CT molecular complexity index is 800. The Kier molecular flexibility index (Phi) is 2.57. The van der Waals surface area contributed by atoms with Gasteiger partial charge in [0.25, 0.3) is 0 Å². The molecule has 1 aliphatic rings. The average molecular weight is 284 g/mol. The summed E-state index contributed by atoms with van der Waals surface area (Å²) in [6.45, 7) is 2.98. The van der Waals surface area contributed by atoms with Gasteiger partial charge in [-0.1, -0.05) is 0 Å². The zero-order chi connectivity index (χ0) is 13.7. The molecule has 102 valence electrons. The molecular formula is C15H16N4S. The highest BCUT2D eigenvalue weighted by Crippen LogP contribution is 2.43. The fraction of sp³-hybridized carbons (Fsp3) is 0.333. The van der Waals surface area contributed by atoms with Crippen molar-refractivity contribution in [1.82, 2.24) is 14.5 Å². The van der Waals surface area contributed by atoms with Crippen molar-refractivity contribution in [3.05, 3.63) is 28.8 Å². The van der Waals surface area contributed by atoms with Crippen molar-refractivity contribution in [2.24, 2.45) is 0 Å². The Morgan fingerprint density at radius 2 is 2.30 bits per heavy atom. The lowest BCUT2D eigenvalue weighted by Gasteiger charge is -2.06. The van der Waals surface area contributed by atoms with Crippen LogP contribution in [0.5, 0.6) is 0 Å². The molecule has 4 nitrogen and oxygen atoms in total. The van der Waals surface area contributed by atoms with Gasteiger partial charge in [0.2, 0.25) is 0 Å². The Balaban J connectivity index is 2.03. The van der Waals surface area contributed by atoms with Crippen molar-refractivity contribution in [2.75, 3.05) is 5.73 Å². The number of aryl methyl sites for hydroxylation is 2. The maximum atomic E-state index is 6.27. The molecule has 0 saturated carbocycles. The van der Waals surface area contributed by atoms with Gasteiger partial charge in [0.15, 0.2) is 5.65 Å². The molecule has 0 bridgehead atoms. The second kappa shape index (κ2) is 4.31. The van der Waals surface area contributed by atoms with Crippen LogP contribution in [0.3, 0.4) is 0 Å². The monoisotopic (exact) mass is 284 g/mol. The van der Waals surface area contributed by atoms with Gasteiger partial charge in [-0.05, 0) is 43.9 Å². The van der Waals surface area contributed by atoms with E-state index in [4.69, 9.17) is 10.7 Å². The molecule has 0 atom stereocenters. The first-order chi connectivity index (χ1) is 9.79. The van der Waals surface area contributed by atoms with Crippen LogP contribution in [-0.2, 0) is 19.4 Å². The maximum Gasteiger partial charge on any atom is 0.160 e. The predicted molar refractivity (Wildman–Crippen MR) is 83.0 cm³/mol. The standard InChI is InChI=1S/C15H16N4S/c1-2-19-14-10(6-4-8-17-14)18-15(19)12-9-5-3-7-11(9)20-13(12)16/h4,6,8H,2-3,5,7,16H2,1H3. The minimum atomic E-state index is 0.854. The van der Waals surface area contributed by atoms with E-state index >= 15 is 0 Å². The highest BCUT2D eigenvalue weighted by atomic mass is 32.1. The first kappa shape index (κ1) is 11.9. The third-order valence-electron chi connectivity index (χ3n) is 3.99. The predicted octanol–water partition coefficient (Wildman–Crippen LogP) is 3.25. The number of nitrogens with two attached hydrogens (primary N) is 1. The van der Waals surface area contributed by atoms with E-state index in [2.05, 4.69) is 16.5 Å². The molecule has 0 aromatic carbocycles. The summed E-state index contributed by atoms with van der Waals surface area (Å²) in [6.07, 6.45) is 5.34. The lowest BCUT2D eigenvalue weighted by molar-refractivity contribution is 0.786. The fourth-order valence-electron chi connectivity index (χ4n) is 3.12. The van der Waals surface area contributed by atoms with Crippen LogP contribution in [0.25, 0.3) is 22.6 Å². The number of rotatable bonds is 2. The van der Waals surface area contributed by atoms with Gasteiger partial charge in [-0.2, -0.15) is 0 Å². The number of imidazole rings is 1. The molecule has 0 saturated heterocycles. The minimum absolute atomic E-state index is 0.854. The van der Waals surface area contributed by atoms with Crippen LogP contribution in [-0.4, -0.2) is 14.5 Å². The molecule has 3 heterocycles. The SMILES string of the molecule is CCn1c(-c2c(N)sc3c2CCC3)nc2cccnc21. The summed E-state index contributed by atoms with van der Waals surface area (Å²) in [4.78, 5) is 10.7. The molecular weight excluding hydrogens is 268 g/mol. The van der Waals surface area contributed by atoms with Crippen molar-refractivity contribution in [3.8, 4) is 11.4 Å². The average Bonchev–Trinajstić information content (AvgIpc) is 3.09. The zero-order valence-corrected chi connectivity index (χ0v) is 12.2. The quantitative estimate of drug-likeness (QED) is 0.786. The van der Waals surface area contributed by atoms with Gasteiger partial charge in [0.05, 0.1) is 10.6 Å². The molecule has 0 aliphatic heterocycles. The molecule has 2 N–H and O–H groups in total. The van der Waals surface area contributed by atoms with Crippen molar-refractivity contribution in [2.45, 2.75) is 32.7 Å². The van der Waals surface area contributed by atoms with Crippen molar-refractivity contribution >= 4 is 27.5 Å². The van der Waals surface area contributed by atoms with Gasteiger partial charge in [-0.3, -0.25) is 0 Å². The summed E-state index contributed by atoms with van der Waals surface area (Å²) in [5, 5.41) is 0.903. The molecule has 3 aromatic heterocycles. The molecule has 0 unspecified atom stereocenters. The summed E-state index contributed by atoms with van der Waals surface area (Å²) >= 11 is 1.73. The number of fused-ring (bicyclic) bond motifs is 2. The number of hydrogen-bond donors (Lipinski definition) is 1. The van der Waals surface area contributed by atoms with Crippen LogP contribution in [0.1, 0.15) is 23.8 Å². The van der Waals surface area contributed by atoms with E-state index in [0.29, 0.717) is 0 Å². The summed E-state index contributed by atoms with van der Waals surface area (Å²) < 4.78 is 2.17. The number of aromatic nitrogens is 3. The van der Waals surface area contributed by atoms with Crippen molar-refractivity contribution in [1.29, 1.82) is 0 Å². The first-order valence-corrected chi connectivity index (χ1v) is 7.83. The molecule has 5 heteroatoms. The number of nitrogens with zero attached hydrogens (tertiary/aromatic N) is 3. The third-order valence-corrected chi connectivity index (χ3v) is 5.11. The van der Waals surface area contributed by atoms with E-state index in [1.165, 1.54) is 16.9 Å². The molecule has 3 aromatic rings.